The van der Waals surface area contributed by atoms with Gasteiger partial charge in [-0.05, 0) is 36.6 Å². The molecular weight excluding hydrogens is 316 g/mol. The van der Waals surface area contributed by atoms with Gasteiger partial charge in [0.1, 0.15) is 5.75 Å². The maximum Gasteiger partial charge on any atom is 0.128 e. The number of para-hydroxylation sites is 1. The van der Waals surface area contributed by atoms with Gasteiger partial charge in [-0.2, -0.15) is 0 Å². The Hall–Kier alpha value is -1.78. The summed E-state index contributed by atoms with van der Waals surface area (Å²) in [5.74, 6) is 0.791. The van der Waals surface area contributed by atoms with Gasteiger partial charge in [0.2, 0.25) is 0 Å². The summed E-state index contributed by atoms with van der Waals surface area (Å²) in [6, 6.07) is 13.6. The van der Waals surface area contributed by atoms with Gasteiger partial charge in [0, 0.05) is 16.1 Å². The molecule has 0 radical (unpaired) electrons. The van der Waals surface area contributed by atoms with Gasteiger partial charge in [-0.25, -0.2) is 4.99 Å². The Bertz CT molecular complexity index is 771. The highest BCUT2D eigenvalue weighted by Gasteiger charge is 2.19. The zero-order chi connectivity index (χ0) is 15.5. The van der Waals surface area contributed by atoms with Crippen molar-refractivity contribution >= 4 is 39.8 Å². The molecule has 3 rings (SSSR count). The molecule has 0 atom stereocenters. The number of hydrogen-bond donors (Lipinski definition) is 0. The SMILES string of the molecule is COc1ccccc1C1=NCC(SC)=Nc2ccc(Cl)cc21. The van der Waals surface area contributed by atoms with E-state index in [-0.39, 0.29) is 0 Å². The third kappa shape index (κ3) is 2.89. The second-order valence-corrected chi connectivity index (χ2v) is 6.05. The Labute approximate surface area is 139 Å². The third-order valence-corrected chi connectivity index (χ3v) is 4.36. The van der Waals surface area contributed by atoms with E-state index in [1.165, 1.54) is 0 Å². The number of hydrogen-bond acceptors (Lipinski definition) is 4. The molecule has 0 aliphatic carbocycles. The number of aliphatic imine (C=N–C) groups is 2. The van der Waals surface area contributed by atoms with E-state index in [1.54, 1.807) is 18.9 Å². The van der Waals surface area contributed by atoms with Crippen LogP contribution in [-0.4, -0.2) is 30.7 Å². The lowest BCUT2D eigenvalue weighted by Gasteiger charge is -2.12. The monoisotopic (exact) mass is 330 g/mol. The van der Waals surface area contributed by atoms with Crippen molar-refractivity contribution in [2.24, 2.45) is 9.98 Å². The van der Waals surface area contributed by atoms with Crippen LogP contribution in [0.15, 0.2) is 52.4 Å². The normalized spacial score (nSPS) is 13.8. The van der Waals surface area contributed by atoms with Crippen LogP contribution in [0.2, 0.25) is 5.02 Å². The first-order chi connectivity index (χ1) is 10.7. The third-order valence-electron chi connectivity index (χ3n) is 3.43. The van der Waals surface area contributed by atoms with E-state index < -0.39 is 0 Å². The first kappa shape index (κ1) is 15.1. The first-order valence-electron chi connectivity index (χ1n) is 6.82. The molecule has 0 amide bonds. The van der Waals surface area contributed by atoms with Crippen molar-refractivity contribution in [3.05, 3.63) is 58.6 Å². The topological polar surface area (TPSA) is 34.0 Å². The van der Waals surface area contributed by atoms with Crippen molar-refractivity contribution in [3.8, 4) is 5.75 Å². The van der Waals surface area contributed by atoms with E-state index in [0.717, 1.165) is 33.3 Å². The largest absolute Gasteiger partial charge is 0.496 e. The molecule has 5 heteroatoms. The van der Waals surface area contributed by atoms with Crippen molar-refractivity contribution in [1.29, 1.82) is 0 Å². The Balaban J connectivity index is 2.22. The van der Waals surface area contributed by atoms with E-state index in [2.05, 4.69) is 0 Å². The fourth-order valence-corrected chi connectivity index (χ4v) is 2.93. The average molecular weight is 331 g/mol. The van der Waals surface area contributed by atoms with Crippen LogP contribution in [0.4, 0.5) is 5.69 Å². The van der Waals surface area contributed by atoms with Crippen LogP contribution in [-0.2, 0) is 0 Å². The lowest BCUT2D eigenvalue weighted by molar-refractivity contribution is 0.414. The number of benzene rings is 2. The Kier molecular flexibility index (Phi) is 4.50. The van der Waals surface area contributed by atoms with Gasteiger partial charge >= 0.3 is 0 Å². The van der Waals surface area contributed by atoms with Gasteiger partial charge in [0.15, 0.2) is 0 Å². The van der Waals surface area contributed by atoms with Crippen LogP contribution >= 0.6 is 23.4 Å². The molecule has 0 bridgehead atoms. The number of rotatable bonds is 2. The van der Waals surface area contributed by atoms with E-state index in [0.29, 0.717) is 11.6 Å². The molecule has 1 heterocycles. The van der Waals surface area contributed by atoms with Gasteiger partial charge in [-0.1, -0.05) is 23.7 Å². The predicted octanol–water partition coefficient (Wildman–Crippen LogP) is 4.59. The molecule has 0 N–H and O–H groups in total. The lowest BCUT2D eigenvalue weighted by Crippen LogP contribution is -2.07. The van der Waals surface area contributed by atoms with E-state index in [4.69, 9.17) is 26.3 Å². The van der Waals surface area contributed by atoms with Crippen LogP contribution < -0.4 is 4.74 Å². The molecule has 1 aliphatic rings. The number of thioether (sulfide) groups is 1. The van der Waals surface area contributed by atoms with Gasteiger partial charge in [-0.3, -0.25) is 4.99 Å². The molecule has 22 heavy (non-hydrogen) atoms. The minimum absolute atomic E-state index is 0.556. The molecule has 0 fully saturated rings. The Morgan fingerprint density at radius 2 is 1.95 bits per heavy atom. The predicted molar refractivity (Wildman–Crippen MR) is 95.6 cm³/mol. The maximum absolute atomic E-state index is 6.19. The van der Waals surface area contributed by atoms with Crippen LogP contribution in [0.5, 0.6) is 5.75 Å². The summed E-state index contributed by atoms with van der Waals surface area (Å²) in [4.78, 5) is 9.46. The van der Waals surface area contributed by atoms with Crippen LogP contribution in [0, 0.1) is 0 Å². The maximum atomic E-state index is 6.19. The summed E-state index contributed by atoms with van der Waals surface area (Å²) in [5, 5.41) is 1.65. The molecule has 0 aromatic heterocycles. The fourth-order valence-electron chi connectivity index (χ4n) is 2.38. The number of ether oxygens (including phenoxy) is 1. The van der Waals surface area contributed by atoms with Crippen molar-refractivity contribution in [2.45, 2.75) is 0 Å². The quantitative estimate of drug-likeness (QED) is 0.806. The van der Waals surface area contributed by atoms with Gasteiger partial charge in [0.05, 0.1) is 30.1 Å². The lowest BCUT2D eigenvalue weighted by atomic mass is 10.00. The summed E-state index contributed by atoms with van der Waals surface area (Å²) in [7, 11) is 1.67. The highest BCUT2D eigenvalue weighted by Crippen LogP contribution is 2.32. The van der Waals surface area contributed by atoms with Gasteiger partial charge in [-0.15, -0.1) is 11.8 Å². The zero-order valence-electron chi connectivity index (χ0n) is 12.3. The van der Waals surface area contributed by atoms with E-state index >= 15 is 0 Å². The number of halogens is 1. The van der Waals surface area contributed by atoms with Gasteiger partial charge < -0.3 is 4.74 Å². The molecule has 1 aliphatic heterocycles. The summed E-state index contributed by atoms with van der Waals surface area (Å²) >= 11 is 7.80. The molecule has 112 valence electrons. The Morgan fingerprint density at radius 1 is 1.14 bits per heavy atom. The molecule has 0 unspecified atom stereocenters. The minimum atomic E-state index is 0.556. The van der Waals surface area contributed by atoms with Crippen molar-refractivity contribution in [3.63, 3.8) is 0 Å². The van der Waals surface area contributed by atoms with Crippen LogP contribution in [0.25, 0.3) is 0 Å². The van der Waals surface area contributed by atoms with Crippen LogP contribution in [0.1, 0.15) is 11.1 Å². The smallest absolute Gasteiger partial charge is 0.128 e. The molecule has 0 spiro atoms. The molecule has 2 aromatic rings. The fraction of sp³-hybridized carbons (Fsp3) is 0.176. The minimum Gasteiger partial charge on any atom is -0.496 e. The standard InChI is InChI=1S/C17H15ClN2OS/c1-21-15-6-4-3-5-12(15)17-13-9-11(18)7-8-14(13)20-16(22-2)10-19-17/h3-9H,10H2,1-2H3. The molecule has 2 aromatic carbocycles. The van der Waals surface area contributed by atoms with Crippen LogP contribution in [0.3, 0.4) is 0 Å². The summed E-state index contributed by atoms with van der Waals surface area (Å²) in [6.07, 6.45) is 2.01. The summed E-state index contributed by atoms with van der Waals surface area (Å²) < 4.78 is 5.48. The molecule has 3 nitrogen and oxygen atoms in total. The highest BCUT2D eigenvalue weighted by atomic mass is 35.5. The highest BCUT2D eigenvalue weighted by molar-refractivity contribution is 8.13. The second-order valence-electron chi connectivity index (χ2n) is 4.74. The van der Waals surface area contributed by atoms with Crippen molar-refractivity contribution < 1.29 is 4.74 Å². The van der Waals surface area contributed by atoms with Crippen molar-refractivity contribution in [2.75, 3.05) is 19.9 Å². The number of methoxy groups -OCH3 is 1. The summed E-state index contributed by atoms with van der Waals surface area (Å²) in [5.41, 5.74) is 3.63. The first-order valence-corrected chi connectivity index (χ1v) is 8.42. The van der Waals surface area contributed by atoms with Gasteiger partial charge in [0.25, 0.3) is 0 Å². The van der Waals surface area contributed by atoms with E-state index in [9.17, 15) is 0 Å². The average Bonchev–Trinajstić information content (AvgIpc) is 2.73. The molecule has 0 saturated carbocycles. The Morgan fingerprint density at radius 3 is 2.73 bits per heavy atom. The zero-order valence-corrected chi connectivity index (χ0v) is 13.9. The van der Waals surface area contributed by atoms with E-state index in [1.807, 2.05) is 48.7 Å². The molecule has 0 saturated heterocycles. The second kappa shape index (κ2) is 6.55. The number of nitrogens with zero attached hydrogens (tertiary/aromatic N) is 2. The molecular formula is C17H15ClN2OS. The number of fused-ring (bicyclic) bond motifs is 1. The summed E-state index contributed by atoms with van der Waals surface area (Å²) in [6.45, 7) is 0.556. The van der Waals surface area contributed by atoms with Crippen molar-refractivity contribution in [1.82, 2.24) is 0 Å².